The van der Waals surface area contributed by atoms with Gasteiger partial charge in [0, 0.05) is 0 Å². The van der Waals surface area contributed by atoms with Crippen LogP contribution in [0.1, 0.15) is 18.1 Å². The first-order valence-electron chi connectivity index (χ1n) is 8.35. The maximum Gasteiger partial charge on any atom is 0.224 e. The highest BCUT2D eigenvalue weighted by Crippen LogP contribution is 2.27. The molecule has 0 saturated heterocycles. The Labute approximate surface area is 148 Å². The van der Waals surface area contributed by atoms with Crippen LogP contribution in [0.5, 0.6) is 17.2 Å². The minimum Gasteiger partial charge on any atom is -0.493 e. The third-order valence-corrected chi connectivity index (χ3v) is 3.84. The van der Waals surface area contributed by atoms with Crippen LogP contribution in [0.25, 0.3) is 0 Å². The molecule has 0 aromatic heterocycles. The number of methoxy groups -OCH3 is 2. The van der Waals surface area contributed by atoms with Gasteiger partial charge in [0.05, 0.1) is 27.2 Å². The first-order valence-corrected chi connectivity index (χ1v) is 8.35. The number of hydrogen-bond acceptors (Lipinski definition) is 4. The predicted octanol–water partition coefficient (Wildman–Crippen LogP) is 3.00. The van der Waals surface area contributed by atoms with E-state index in [4.69, 9.17) is 14.2 Å². The van der Waals surface area contributed by atoms with Gasteiger partial charge in [-0.05, 0) is 41.8 Å². The Morgan fingerprint density at radius 1 is 0.960 bits per heavy atom. The van der Waals surface area contributed by atoms with Crippen LogP contribution in [-0.4, -0.2) is 33.3 Å². The third-order valence-electron chi connectivity index (χ3n) is 3.84. The van der Waals surface area contributed by atoms with Crippen LogP contribution >= 0.6 is 0 Å². The van der Waals surface area contributed by atoms with Crippen molar-refractivity contribution in [2.75, 3.05) is 27.4 Å². The summed E-state index contributed by atoms with van der Waals surface area (Å²) in [5, 5.41) is 2.85. The largest absolute Gasteiger partial charge is 0.493 e. The number of hydrogen-bond donors (Lipinski definition) is 1. The second-order valence-electron chi connectivity index (χ2n) is 5.56. The van der Waals surface area contributed by atoms with E-state index in [1.807, 2.05) is 36.4 Å². The van der Waals surface area contributed by atoms with Gasteiger partial charge in [-0.15, -0.1) is 0 Å². The Kier molecular flexibility index (Phi) is 7.14. The van der Waals surface area contributed by atoms with E-state index in [1.54, 1.807) is 20.3 Å². The molecule has 5 heteroatoms. The minimum absolute atomic E-state index is 0.0582. The number of rotatable bonds is 9. The number of carbonyl (C=O) groups is 1. The molecule has 0 spiro atoms. The lowest BCUT2D eigenvalue weighted by atomic mass is 10.1. The number of carbonyl (C=O) groups excluding carboxylic acids is 1. The summed E-state index contributed by atoms with van der Waals surface area (Å²) in [6.07, 6.45) is 1.29. The summed E-state index contributed by atoms with van der Waals surface area (Å²) >= 11 is 0. The van der Waals surface area contributed by atoms with E-state index in [1.165, 1.54) is 5.56 Å². The van der Waals surface area contributed by atoms with Crippen molar-refractivity contribution in [3.8, 4) is 17.2 Å². The van der Waals surface area contributed by atoms with Crippen molar-refractivity contribution in [1.29, 1.82) is 0 Å². The first kappa shape index (κ1) is 18.6. The number of nitrogens with one attached hydrogen (secondary N) is 1. The van der Waals surface area contributed by atoms with Crippen molar-refractivity contribution in [3.63, 3.8) is 0 Å². The lowest BCUT2D eigenvalue weighted by Crippen LogP contribution is -2.29. The normalized spacial score (nSPS) is 10.2. The van der Waals surface area contributed by atoms with Crippen molar-refractivity contribution in [3.05, 3.63) is 53.6 Å². The number of amides is 1. The summed E-state index contributed by atoms with van der Waals surface area (Å²) in [4.78, 5) is 12.0. The number of benzene rings is 2. The van der Waals surface area contributed by atoms with Crippen LogP contribution in [-0.2, 0) is 17.6 Å². The van der Waals surface area contributed by atoms with Gasteiger partial charge in [-0.1, -0.05) is 25.1 Å². The maximum atomic E-state index is 12.0. The van der Waals surface area contributed by atoms with Gasteiger partial charge in [-0.2, -0.15) is 0 Å². The van der Waals surface area contributed by atoms with Crippen LogP contribution in [0.2, 0.25) is 0 Å². The van der Waals surface area contributed by atoms with Gasteiger partial charge in [0.15, 0.2) is 11.5 Å². The molecule has 0 saturated carbocycles. The highest BCUT2D eigenvalue weighted by Gasteiger charge is 2.08. The Balaban J connectivity index is 1.75. The van der Waals surface area contributed by atoms with E-state index in [-0.39, 0.29) is 12.3 Å². The van der Waals surface area contributed by atoms with Crippen LogP contribution < -0.4 is 19.5 Å². The molecule has 1 amide bonds. The molecule has 0 unspecified atom stereocenters. The summed E-state index contributed by atoms with van der Waals surface area (Å²) in [5.41, 5.74) is 2.14. The fourth-order valence-electron chi connectivity index (χ4n) is 2.42. The summed E-state index contributed by atoms with van der Waals surface area (Å²) in [7, 11) is 3.16. The number of ether oxygens (including phenoxy) is 3. The molecule has 0 fully saturated rings. The highest BCUT2D eigenvalue weighted by atomic mass is 16.5. The van der Waals surface area contributed by atoms with Crippen molar-refractivity contribution in [1.82, 2.24) is 5.32 Å². The predicted molar refractivity (Wildman–Crippen MR) is 97.6 cm³/mol. The standard InChI is InChI=1S/C20H25NO4/c1-4-15-5-8-17(9-6-15)25-12-11-21-20(22)14-16-7-10-18(23-2)19(13-16)24-3/h5-10,13H,4,11-12,14H2,1-3H3,(H,21,22). The molecule has 1 N–H and O–H groups in total. The summed E-state index contributed by atoms with van der Waals surface area (Å²) in [5.74, 6) is 2.02. The average Bonchev–Trinajstić information content (AvgIpc) is 2.65. The van der Waals surface area contributed by atoms with Crippen molar-refractivity contribution in [2.24, 2.45) is 0 Å². The van der Waals surface area contributed by atoms with E-state index < -0.39 is 0 Å². The van der Waals surface area contributed by atoms with Crippen LogP contribution in [0.4, 0.5) is 0 Å². The zero-order chi connectivity index (χ0) is 18.1. The molecule has 5 nitrogen and oxygen atoms in total. The molecule has 0 atom stereocenters. The van der Waals surface area contributed by atoms with Gasteiger partial charge >= 0.3 is 0 Å². The zero-order valence-corrected chi connectivity index (χ0v) is 15.0. The van der Waals surface area contributed by atoms with Crippen molar-refractivity contribution >= 4 is 5.91 Å². The van der Waals surface area contributed by atoms with Gasteiger partial charge in [0.2, 0.25) is 5.91 Å². The lowest BCUT2D eigenvalue weighted by molar-refractivity contribution is -0.120. The van der Waals surface area contributed by atoms with E-state index in [2.05, 4.69) is 12.2 Å². The summed E-state index contributed by atoms with van der Waals surface area (Å²) < 4.78 is 16.1. The lowest BCUT2D eigenvalue weighted by Gasteiger charge is -2.10. The highest BCUT2D eigenvalue weighted by molar-refractivity contribution is 5.78. The van der Waals surface area contributed by atoms with Gasteiger partial charge in [-0.25, -0.2) is 0 Å². The van der Waals surface area contributed by atoms with E-state index in [9.17, 15) is 4.79 Å². The molecular weight excluding hydrogens is 318 g/mol. The van der Waals surface area contributed by atoms with Gasteiger partial charge < -0.3 is 19.5 Å². The van der Waals surface area contributed by atoms with E-state index in [0.29, 0.717) is 24.7 Å². The molecule has 134 valence electrons. The second-order valence-corrected chi connectivity index (χ2v) is 5.56. The smallest absolute Gasteiger partial charge is 0.224 e. The molecule has 2 aromatic rings. The fourth-order valence-corrected chi connectivity index (χ4v) is 2.42. The van der Waals surface area contributed by atoms with Gasteiger partial charge in [-0.3, -0.25) is 4.79 Å². The molecule has 0 aliphatic heterocycles. The zero-order valence-electron chi connectivity index (χ0n) is 15.0. The Hall–Kier alpha value is -2.69. The Bertz CT molecular complexity index is 683. The molecule has 25 heavy (non-hydrogen) atoms. The fraction of sp³-hybridized carbons (Fsp3) is 0.350. The first-order chi connectivity index (χ1) is 12.2. The van der Waals surface area contributed by atoms with Crippen LogP contribution in [0.3, 0.4) is 0 Å². The monoisotopic (exact) mass is 343 g/mol. The second kappa shape index (κ2) is 9.57. The van der Waals surface area contributed by atoms with E-state index >= 15 is 0 Å². The van der Waals surface area contributed by atoms with Crippen molar-refractivity contribution in [2.45, 2.75) is 19.8 Å². The van der Waals surface area contributed by atoms with Crippen molar-refractivity contribution < 1.29 is 19.0 Å². The quantitative estimate of drug-likeness (QED) is 0.711. The summed E-state index contributed by atoms with van der Waals surface area (Å²) in [6, 6.07) is 13.5. The molecule has 0 heterocycles. The number of aryl methyl sites for hydroxylation is 1. The molecule has 2 aromatic carbocycles. The molecule has 2 rings (SSSR count). The summed E-state index contributed by atoms with van der Waals surface area (Å²) in [6.45, 7) is 3.01. The van der Waals surface area contributed by atoms with Gasteiger partial charge in [0.25, 0.3) is 0 Å². The van der Waals surface area contributed by atoms with E-state index in [0.717, 1.165) is 17.7 Å². The topological polar surface area (TPSA) is 56.8 Å². The average molecular weight is 343 g/mol. The molecule has 0 radical (unpaired) electrons. The molecule has 0 aliphatic carbocycles. The Morgan fingerprint density at radius 3 is 2.28 bits per heavy atom. The Morgan fingerprint density at radius 2 is 1.64 bits per heavy atom. The third kappa shape index (κ3) is 5.71. The van der Waals surface area contributed by atoms with Gasteiger partial charge in [0.1, 0.15) is 12.4 Å². The maximum absolute atomic E-state index is 12.0. The SMILES string of the molecule is CCc1ccc(OCCNC(=O)Cc2ccc(OC)c(OC)c2)cc1. The molecule has 0 aliphatic rings. The van der Waals surface area contributed by atoms with Crippen LogP contribution in [0.15, 0.2) is 42.5 Å². The molecule has 0 bridgehead atoms. The van der Waals surface area contributed by atoms with Crippen LogP contribution in [0, 0.1) is 0 Å². The molecular formula is C20H25NO4. The minimum atomic E-state index is -0.0582.